The highest BCUT2D eigenvalue weighted by Crippen LogP contribution is 2.42. The predicted molar refractivity (Wildman–Crippen MR) is 247 cm³/mol. The molecule has 63 heavy (non-hydrogen) atoms. The average molecular weight is 994 g/mol. The number of nitrogens with one attached hydrogen (secondary N) is 3. The number of aliphatic hydroxyl groups excluding tert-OH is 3. The average Bonchev–Trinajstić information content (AvgIpc) is 3.70. The lowest BCUT2D eigenvalue weighted by Crippen LogP contribution is -2.50. The molecule has 16 nitrogen and oxygen atoms in total. The van der Waals surface area contributed by atoms with Gasteiger partial charge in [0.1, 0.15) is 18.2 Å². The second-order valence-corrected chi connectivity index (χ2v) is 19.5. The smallest absolute Gasteiger partial charge is 0.315 e. The maximum Gasteiger partial charge on any atom is 0.315 e. The summed E-state index contributed by atoms with van der Waals surface area (Å²) < 4.78 is 24.8. The molecule has 2 saturated heterocycles. The molecule has 4 aliphatic rings. The van der Waals surface area contributed by atoms with Crippen molar-refractivity contribution in [3.05, 3.63) is 71.0 Å². The van der Waals surface area contributed by atoms with E-state index in [1.54, 1.807) is 59.8 Å². The molecule has 0 aromatic rings. The zero-order chi connectivity index (χ0) is 47.0. The zero-order valence-electron chi connectivity index (χ0n) is 38.3. The summed E-state index contributed by atoms with van der Waals surface area (Å²) in [7, 11) is 2.84. The van der Waals surface area contributed by atoms with Crippen molar-refractivity contribution >= 4 is 51.9 Å². The first-order valence-electron chi connectivity index (χ1n) is 21.7. The van der Waals surface area contributed by atoms with Crippen molar-refractivity contribution < 1.29 is 53.4 Å². The van der Waals surface area contributed by atoms with E-state index < -0.39 is 89.5 Å². The van der Waals surface area contributed by atoms with Crippen molar-refractivity contribution in [3.8, 4) is 0 Å². The number of carbonyl (C=O) groups is 4. The van der Waals surface area contributed by atoms with Gasteiger partial charge in [0.2, 0.25) is 5.91 Å². The quantitative estimate of drug-likeness (QED) is 0.0637. The van der Waals surface area contributed by atoms with Crippen molar-refractivity contribution in [2.24, 2.45) is 28.7 Å². The Bertz CT molecular complexity index is 1920. The Labute approximate surface area is 385 Å². The van der Waals surface area contributed by atoms with Gasteiger partial charge in [-0.1, -0.05) is 82.0 Å². The minimum Gasteiger partial charge on any atom is -0.461 e. The molecule has 2 bridgehead atoms. The lowest BCUT2D eigenvalue weighted by atomic mass is 9.78. The Morgan fingerprint density at radius 1 is 1.10 bits per heavy atom. The Morgan fingerprint density at radius 3 is 2.37 bits per heavy atom. The van der Waals surface area contributed by atoms with Crippen LogP contribution in [-0.4, -0.2) is 130 Å². The topological polar surface area (TPSA) is 218 Å². The summed E-state index contributed by atoms with van der Waals surface area (Å²) in [5, 5.41) is 42.3. The molecule has 6 N–H and O–H groups in total. The zero-order valence-corrected chi connectivity index (χ0v) is 40.5. The Balaban J connectivity index is 1.86. The molecular weight excluding hydrogens is 925 g/mol. The van der Waals surface area contributed by atoms with E-state index in [0.717, 1.165) is 19.6 Å². The molecule has 0 radical (unpaired) electrons. The molecule has 0 aromatic heterocycles. The number of rotatable bonds is 9. The number of allylic oxidation sites excluding steroid dienone is 5. The van der Waals surface area contributed by atoms with Crippen molar-refractivity contribution in [1.29, 1.82) is 0 Å². The summed E-state index contributed by atoms with van der Waals surface area (Å²) >= 11 is 2.42. The third-order valence-corrected chi connectivity index (χ3v) is 12.8. The number of ketones is 1. The van der Waals surface area contributed by atoms with E-state index in [1.165, 1.54) is 33.4 Å². The second-order valence-electron chi connectivity index (χ2n) is 17.4. The van der Waals surface area contributed by atoms with Crippen molar-refractivity contribution in [1.82, 2.24) is 20.9 Å². The van der Waals surface area contributed by atoms with E-state index >= 15 is 0 Å². The number of methoxy groups -OCH3 is 1. The highest BCUT2D eigenvalue weighted by Gasteiger charge is 2.52. The first-order valence-corrected chi connectivity index (χ1v) is 22.9. The number of alkyl halides is 1. The molecule has 0 aliphatic carbocycles. The normalized spacial score (nSPS) is 35.4. The number of hydrogen-bond donors (Lipinski definition) is 6. The van der Waals surface area contributed by atoms with E-state index in [0.29, 0.717) is 39.3 Å². The van der Waals surface area contributed by atoms with Crippen LogP contribution in [0.2, 0.25) is 0 Å². The monoisotopic (exact) mass is 993 g/mol. The van der Waals surface area contributed by atoms with E-state index in [2.05, 4.69) is 56.9 Å². The van der Waals surface area contributed by atoms with Crippen molar-refractivity contribution in [2.45, 2.75) is 121 Å². The van der Waals surface area contributed by atoms with Gasteiger partial charge >= 0.3 is 11.8 Å². The van der Waals surface area contributed by atoms with Crippen LogP contribution < -0.4 is 16.0 Å². The van der Waals surface area contributed by atoms with Gasteiger partial charge in [-0.05, 0) is 31.9 Å². The van der Waals surface area contributed by atoms with Crippen LogP contribution in [0, 0.1) is 23.7 Å². The van der Waals surface area contributed by atoms with Crippen LogP contribution in [0.15, 0.2) is 76.0 Å². The highest BCUT2D eigenvalue weighted by atomic mass is 127. The Kier molecular flexibility index (Phi) is 18.4. The standard InChI is InChI=1S/C46H68IN5O11/c1-25-13-12-14-26(2)44(59)49-32(8)42-37(33(15-21-53)38-31(7)50-46(51-38)17-19-52(20-18-46)24-27(3)47)43(58)45(9,63-42)61-22-16-34(60-11)28(4)41(62-36(55)23-35(54)48-10)30(6)40(57)29(5)39(25)56/h12-14,16,22,25,27-30,34,39-41,50,53,56-57H,7,15,17-21,23-24H2,1-6,8-11H3,(H,48,54)(H,49,59)/b13-12+,22-16+,26-14-,37-33-,42-32+/t25-,27?,28+,29+,30+,34-,39-,40+,41+,45-/m0/s1. The Morgan fingerprint density at radius 2 is 1.76 bits per heavy atom. The van der Waals surface area contributed by atoms with Crippen LogP contribution in [0.25, 0.3) is 0 Å². The number of ether oxygens (including phenoxy) is 4. The van der Waals surface area contributed by atoms with Crippen LogP contribution in [0.1, 0.15) is 81.1 Å². The summed E-state index contributed by atoms with van der Waals surface area (Å²) in [4.78, 5) is 61.3. The van der Waals surface area contributed by atoms with Crippen LogP contribution in [0.5, 0.6) is 0 Å². The number of fused-ring (bicyclic) bond motifs is 2. The van der Waals surface area contributed by atoms with Gasteiger partial charge in [-0.25, -0.2) is 0 Å². The fourth-order valence-electron chi connectivity index (χ4n) is 8.56. The molecule has 4 heterocycles. The Hall–Kier alpha value is -3.88. The largest absolute Gasteiger partial charge is 0.461 e. The molecule has 4 aliphatic heterocycles. The number of halogens is 1. The number of carbonyl (C=O) groups excluding carboxylic acids is 4. The molecule has 4 rings (SSSR count). The minimum absolute atomic E-state index is 0.00880. The number of hydrogen-bond acceptors (Lipinski definition) is 14. The molecule has 2 amide bonds. The molecule has 1 spiro atoms. The van der Waals surface area contributed by atoms with E-state index in [1.807, 2.05) is 0 Å². The molecule has 1 unspecified atom stereocenters. The second kappa shape index (κ2) is 22.3. The van der Waals surface area contributed by atoms with E-state index in [4.69, 9.17) is 23.9 Å². The fraction of sp³-hybridized carbons (Fsp3) is 0.630. The lowest BCUT2D eigenvalue weighted by Gasteiger charge is -2.38. The number of aliphatic imine (C=N–C) groups is 1. The number of aliphatic hydroxyl groups is 3. The number of nitrogens with zero attached hydrogens (tertiary/aromatic N) is 2. The predicted octanol–water partition coefficient (Wildman–Crippen LogP) is 3.88. The van der Waals surface area contributed by atoms with Crippen molar-refractivity contribution in [2.75, 3.05) is 40.4 Å². The molecule has 0 saturated carbocycles. The summed E-state index contributed by atoms with van der Waals surface area (Å²) in [5.41, 5.74) is 1.23. The molecule has 17 heteroatoms. The molecule has 2 fully saturated rings. The van der Waals surface area contributed by atoms with Gasteiger partial charge in [0.05, 0.1) is 47.3 Å². The fourth-order valence-corrected chi connectivity index (χ4v) is 9.12. The summed E-state index contributed by atoms with van der Waals surface area (Å²) in [6.07, 6.45) is 4.45. The van der Waals surface area contributed by atoms with Gasteiger partial charge < -0.3 is 55.1 Å². The van der Waals surface area contributed by atoms with Crippen LogP contribution in [0.4, 0.5) is 0 Å². The van der Waals surface area contributed by atoms with Crippen LogP contribution >= 0.6 is 22.6 Å². The van der Waals surface area contributed by atoms with Gasteiger partial charge in [0, 0.05) is 93.3 Å². The van der Waals surface area contributed by atoms with Crippen LogP contribution in [-0.2, 0) is 38.1 Å². The van der Waals surface area contributed by atoms with Gasteiger partial charge in [0.25, 0.3) is 11.7 Å². The van der Waals surface area contributed by atoms with Gasteiger partial charge in [-0.2, -0.15) is 0 Å². The first-order chi connectivity index (χ1) is 29.6. The molecule has 0 aromatic carbocycles. The molecule has 350 valence electrons. The summed E-state index contributed by atoms with van der Waals surface area (Å²) in [5.74, 6) is -7.06. The number of Topliss-reactive ketones (excluding diaryl/α,β-unsaturated/α-hetero) is 1. The summed E-state index contributed by atoms with van der Waals surface area (Å²) in [6, 6.07) is 0. The summed E-state index contributed by atoms with van der Waals surface area (Å²) in [6.45, 7) is 20.3. The highest BCUT2D eigenvalue weighted by molar-refractivity contribution is 14.1. The van der Waals surface area contributed by atoms with E-state index in [-0.39, 0.29) is 30.1 Å². The van der Waals surface area contributed by atoms with Crippen molar-refractivity contribution in [3.63, 3.8) is 0 Å². The lowest BCUT2D eigenvalue weighted by molar-refractivity contribution is -0.169. The van der Waals surface area contributed by atoms with Gasteiger partial charge in [-0.3, -0.25) is 24.2 Å². The molecular formula is C46H68IN5O11. The van der Waals surface area contributed by atoms with Crippen LogP contribution in [0.3, 0.4) is 0 Å². The maximum atomic E-state index is 14.8. The third-order valence-electron chi connectivity index (χ3n) is 12.5. The van der Waals surface area contributed by atoms with Gasteiger partial charge in [-0.15, -0.1) is 0 Å². The number of likely N-dealkylation sites (tertiary alicyclic amines) is 1. The number of piperidine rings is 1. The SMILES string of the molecule is C=C1NC2(CCN(CC(C)I)CC2)N=C1/C(CCO)=C1C(=O)[C@@]2(C)O/C=C/[C@H](OC)[C@@H](C)[C@@H](OC(=O)CC(=O)NC)[C@H](C)[C@H](O)[C@H](C)[C@@H](O)[C@@H](C)/C=C/C=C(/C)C(=O)N/C(C)=C\1O2. The molecule has 10 atom stereocenters. The third kappa shape index (κ3) is 12.5. The minimum atomic E-state index is -1.99. The van der Waals surface area contributed by atoms with Gasteiger partial charge in [0.15, 0.2) is 5.76 Å². The number of amides is 2. The van der Waals surface area contributed by atoms with E-state index in [9.17, 15) is 34.5 Å². The number of esters is 1. The maximum absolute atomic E-state index is 14.8. The first kappa shape index (κ1) is 51.8.